The monoisotopic (exact) mass is 341 g/mol. The Kier molecular flexibility index (Phi) is 4.90. The van der Waals surface area contributed by atoms with Gasteiger partial charge in [0.2, 0.25) is 10.0 Å². The van der Waals surface area contributed by atoms with Crippen molar-refractivity contribution in [1.82, 2.24) is 4.31 Å². The smallest absolute Gasteiger partial charge is 0.207 e. The number of benzene rings is 2. The standard InChI is InChI=1S/C16H17ClFNO2S/c1-11-4-5-13(12(2)8-11)10-19(3)22(20,21)14-6-7-16(18)15(17)9-14/h4-9H,10H2,1-3H3. The Labute approximate surface area is 135 Å². The van der Waals surface area contributed by atoms with E-state index in [1.54, 1.807) is 0 Å². The molecule has 0 amide bonds. The summed E-state index contributed by atoms with van der Waals surface area (Å²) in [6.07, 6.45) is 0. The molecule has 0 spiro atoms. The lowest BCUT2D eigenvalue weighted by atomic mass is 10.1. The summed E-state index contributed by atoms with van der Waals surface area (Å²) in [4.78, 5) is -0.0221. The van der Waals surface area contributed by atoms with Crippen molar-refractivity contribution in [3.8, 4) is 0 Å². The minimum absolute atomic E-state index is 0.0221. The summed E-state index contributed by atoms with van der Waals surface area (Å²) in [5.74, 6) is -0.641. The molecule has 6 heteroatoms. The van der Waals surface area contributed by atoms with E-state index in [-0.39, 0.29) is 16.5 Å². The van der Waals surface area contributed by atoms with Crippen molar-refractivity contribution < 1.29 is 12.8 Å². The first-order valence-corrected chi connectivity index (χ1v) is 8.51. The van der Waals surface area contributed by atoms with E-state index in [2.05, 4.69) is 0 Å². The highest BCUT2D eigenvalue weighted by atomic mass is 35.5. The molecule has 0 unspecified atom stereocenters. The zero-order valence-corrected chi connectivity index (χ0v) is 14.2. The summed E-state index contributed by atoms with van der Waals surface area (Å²) in [5.41, 5.74) is 3.07. The summed E-state index contributed by atoms with van der Waals surface area (Å²) in [7, 11) is -2.23. The summed E-state index contributed by atoms with van der Waals surface area (Å²) in [6, 6.07) is 9.26. The zero-order valence-electron chi connectivity index (χ0n) is 12.6. The maximum atomic E-state index is 13.2. The van der Waals surface area contributed by atoms with Gasteiger partial charge < -0.3 is 0 Å². The predicted octanol–water partition coefficient (Wildman–Crippen LogP) is 3.92. The third kappa shape index (κ3) is 3.48. The fourth-order valence-electron chi connectivity index (χ4n) is 2.17. The summed E-state index contributed by atoms with van der Waals surface area (Å²) < 4.78 is 39.5. The van der Waals surface area contributed by atoms with E-state index < -0.39 is 15.8 Å². The second kappa shape index (κ2) is 6.36. The third-order valence-corrected chi connectivity index (χ3v) is 5.58. The van der Waals surface area contributed by atoms with E-state index >= 15 is 0 Å². The molecule has 0 aliphatic heterocycles. The van der Waals surface area contributed by atoms with E-state index in [0.717, 1.165) is 28.8 Å². The van der Waals surface area contributed by atoms with E-state index in [9.17, 15) is 12.8 Å². The van der Waals surface area contributed by atoms with Crippen molar-refractivity contribution in [3.05, 3.63) is 63.9 Å². The molecule has 0 atom stereocenters. The fourth-order valence-corrected chi connectivity index (χ4v) is 3.59. The normalized spacial score (nSPS) is 11.9. The Hall–Kier alpha value is -1.43. The number of hydrogen-bond donors (Lipinski definition) is 0. The molecule has 0 aliphatic carbocycles. The average Bonchev–Trinajstić information content (AvgIpc) is 2.44. The van der Waals surface area contributed by atoms with Gasteiger partial charge >= 0.3 is 0 Å². The summed E-state index contributed by atoms with van der Waals surface area (Å²) in [5, 5.41) is -0.207. The van der Waals surface area contributed by atoms with Crippen LogP contribution in [0.4, 0.5) is 4.39 Å². The second-order valence-corrected chi connectivity index (χ2v) is 7.72. The molecule has 22 heavy (non-hydrogen) atoms. The van der Waals surface area contributed by atoms with Gasteiger partial charge in [-0.15, -0.1) is 0 Å². The quantitative estimate of drug-likeness (QED) is 0.845. The molecule has 2 rings (SSSR count). The van der Waals surface area contributed by atoms with Crippen LogP contribution < -0.4 is 0 Å². The van der Waals surface area contributed by atoms with Crippen LogP contribution in [-0.2, 0) is 16.6 Å². The molecule has 118 valence electrons. The molecule has 0 heterocycles. The number of halogens is 2. The topological polar surface area (TPSA) is 37.4 Å². The zero-order chi connectivity index (χ0) is 16.5. The lowest BCUT2D eigenvalue weighted by Crippen LogP contribution is -2.26. The van der Waals surface area contributed by atoms with E-state index in [4.69, 9.17) is 11.6 Å². The van der Waals surface area contributed by atoms with Gasteiger partial charge in [0, 0.05) is 13.6 Å². The highest BCUT2D eigenvalue weighted by Crippen LogP contribution is 2.23. The second-order valence-electron chi connectivity index (χ2n) is 5.27. The van der Waals surface area contributed by atoms with Crippen molar-refractivity contribution in [2.75, 3.05) is 7.05 Å². The number of hydrogen-bond acceptors (Lipinski definition) is 2. The van der Waals surface area contributed by atoms with Crippen LogP contribution in [0, 0.1) is 19.7 Å². The van der Waals surface area contributed by atoms with Crippen molar-refractivity contribution in [3.63, 3.8) is 0 Å². The Bertz CT molecular complexity index is 806. The van der Waals surface area contributed by atoms with E-state index in [0.29, 0.717) is 0 Å². The van der Waals surface area contributed by atoms with Gasteiger partial charge in [-0.3, -0.25) is 0 Å². The van der Waals surface area contributed by atoms with E-state index in [1.807, 2.05) is 32.0 Å². The van der Waals surface area contributed by atoms with Crippen LogP contribution in [0.3, 0.4) is 0 Å². The van der Waals surface area contributed by atoms with Crippen LogP contribution in [0.1, 0.15) is 16.7 Å². The van der Waals surface area contributed by atoms with Gasteiger partial charge in [-0.25, -0.2) is 12.8 Å². The van der Waals surface area contributed by atoms with Crippen LogP contribution in [0.15, 0.2) is 41.3 Å². The van der Waals surface area contributed by atoms with E-state index in [1.165, 1.54) is 17.4 Å². The Balaban J connectivity index is 2.30. The third-order valence-electron chi connectivity index (χ3n) is 3.49. The molecule has 0 aliphatic rings. The molecule has 0 aromatic heterocycles. The molecular formula is C16H17ClFNO2S. The van der Waals surface area contributed by atoms with Gasteiger partial charge in [-0.2, -0.15) is 4.31 Å². The van der Waals surface area contributed by atoms with Crippen molar-refractivity contribution in [1.29, 1.82) is 0 Å². The highest BCUT2D eigenvalue weighted by molar-refractivity contribution is 7.89. The lowest BCUT2D eigenvalue weighted by molar-refractivity contribution is 0.466. The lowest BCUT2D eigenvalue weighted by Gasteiger charge is -2.19. The fraction of sp³-hybridized carbons (Fsp3) is 0.250. The SMILES string of the molecule is Cc1ccc(CN(C)S(=O)(=O)c2ccc(F)c(Cl)c2)c(C)c1. The molecule has 0 fully saturated rings. The van der Waals surface area contributed by atoms with Gasteiger partial charge in [0.15, 0.2) is 0 Å². The maximum absolute atomic E-state index is 13.2. The molecular weight excluding hydrogens is 325 g/mol. The van der Waals surface area contributed by atoms with Gasteiger partial charge in [-0.05, 0) is 43.2 Å². The molecule has 2 aromatic rings. The predicted molar refractivity (Wildman–Crippen MR) is 86.0 cm³/mol. The van der Waals surface area contributed by atoms with Crippen LogP contribution in [-0.4, -0.2) is 19.8 Å². The summed E-state index contributed by atoms with van der Waals surface area (Å²) in [6.45, 7) is 4.17. The highest BCUT2D eigenvalue weighted by Gasteiger charge is 2.22. The Morgan fingerprint density at radius 2 is 1.82 bits per heavy atom. The largest absolute Gasteiger partial charge is 0.243 e. The van der Waals surface area contributed by atoms with Gasteiger partial charge in [0.05, 0.1) is 9.92 Å². The number of sulfonamides is 1. The van der Waals surface area contributed by atoms with Crippen LogP contribution in [0.2, 0.25) is 5.02 Å². The van der Waals surface area contributed by atoms with Gasteiger partial charge in [0.25, 0.3) is 0 Å². The van der Waals surface area contributed by atoms with Gasteiger partial charge in [0.1, 0.15) is 5.82 Å². The maximum Gasteiger partial charge on any atom is 0.243 e. The van der Waals surface area contributed by atoms with Crippen LogP contribution in [0.5, 0.6) is 0 Å². The Morgan fingerprint density at radius 1 is 1.14 bits per heavy atom. The van der Waals surface area contributed by atoms with Gasteiger partial charge in [-0.1, -0.05) is 35.4 Å². The number of nitrogens with zero attached hydrogens (tertiary/aromatic N) is 1. The molecule has 0 bridgehead atoms. The first-order valence-electron chi connectivity index (χ1n) is 6.69. The molecule has 2 aromatic carbocycles. The van der Waals surface area contributed by atoms with Crippen molar-refractivity contribution in [2.24, 2.45) is 0 Å². The molecule has 0 radical (unpaired) electrons. The minimum atomic E-state index is -3.72. The molecule has 3 nitrogen and oxygen atoms in total. The molecule has 0 saturated carbocycles. The minimum Gasteiger partial charge on any atom is -0.207 e. The van der Waals surface area contributed by atoms with Crippen molar-refractivity contribution >= 4 is 21.6 Å². The number of aryl methyl sites for hydroxylation is 2. The average molecular weight is 342 g/mol. The first-order chi connectivity index (χ1) is 10.2. The Morgan fingerprint density at radius 3 is 2.41 bits per heavy atom. The first kappa shape index (κ1) is 16.9. The van der Waals surface area contributed by atoms with Crippen LogP contribution in [0.25, 0.3) is 0 Å². The summed E-state index contributed by atoms with van der Waals surface area (Å²) >= 11 is 5.67. The molecule has 0 N–H and O–H groups in total. The number of rotatable bonds is 4. The molecule has 0 saturated heterocycles. The van der Waals surface area contributed by atoms with Crippen molar-refractivity contribution in [2.45, 2.75) is 25.3 Å². The van der Waals surface area contributed by atoms with Crippen LogP contribution >= 0.6 is 11.6 Å².